The molecule has 1 N–H and O–H groups in total. The summed E-state index contributed by atoms with van der Waals surface area (Å²) in [5, 5.41) is 10.2. The molecule has 0 radical (unpaired) electrons. The van der Waals surface area contributed by atoms with Crippen molar-refractivity contribution in [1.82, 2.24) is 9.80 Å². The highest BCUT2D eigenvalue weighted by Gasteiger charge is 2.33. The largest absolute Gasteiger partial charge is 0.493 e. The third kappa shape index (κ3) is 6.90. The normalized spacial score (nSPS) is 18.7. The smallest absolute Gasteiger partial charge is 0.250 e. The first-order chi connectivity index (χ1) is 12.7. The molecule has 1 atom stereocenters. The molecule has 1 aromatic rings. The number of benzene rings is 1. The van der Waals surface area contributed by atoms with E-state index in [4.69, 9.17) is 9.47 Å². The standard InChI is InChI=1S/C20H32F2N2O3/c1-15(2)23(3)13-17(25)14-27-19-11-16(5-6-18(19)26-4)12-24-9-7-20(21,22)8-10-24/h5-6,11,15,17,25H,7-10,12-14H2,1-4H3. The van der Waals surface area contributed by atoms with E-state index >= 15 is 0 Å². The molecular weight excluding hydrogens is 354 g/mol. The first-order valence-corrected chi connectivity index (χ1v) is 9.48. The van der Waals surface area contributed by atoms with Crippen LogP contribution in [-0.4, -0.2) is 73.4 Å². The van der Waals surface area contributed by atoms with Gasteiger partial charge in [-0.3, -0.25) is 4.90 Å². The lowest BCUT2D eigenvalue weighted by Gasteiger charge is -2.31. The van der Waals surface area contributed by atoms with E-state index < -0.39 is 12.0 Å². The molecule has 0 spiro atoms. The second-order valence-electron chi connectivity index (χ2n) is 7.62. The lowest BCUT2D eigenvalue weighted by molar-refractivity contribution is -0.0566. The SMILES string of the molecule is COc1ccc(CN2CCC(F)(F)CC2)cc1OCC(O)CN(C)C(C)C. The number of ether oxygens (including phenoxy) is 2. The van der Waals surface area contributed by atoms with Crippen LogP contribution in [-0.2, 0) is 6.54 Å². The lowest BCUT2D eigenvalue weighted by atomic mass is 10.1. The molecule has 2 rings (SSSR count). The fraction of sp³-hybridized carbons (Fsp3) is 0.700. The molecule has 5 nitrogen and oxygen atoms in total. The van der Waals surface area contributed by atoms with Gasteiger partial charge in [-0.05, 0) is 38.6 Å². The highest BCUT2D eigenvalue weighted by molar-refractivity contribution is 5.43. The number of aliphatic hydroxyl groups excluding tert-OH is 1. The van der Waals surface area contributed by atoms with Crippen molar-refractivity contribution in [2.75, 3.05) is 40.4 Å². The zero-order valence-electron chi connectivity index (χ0n) is 16.8. The van der Waals surface area contributed by atoms with Crippen molar-refractivity contribution >= 4 is 0 Å². The molecule has 1 aliphatic rings. The summed E-state index contributed by atoms with van der Waals surface area (Å²) in [7, 11) is 3.52. The molecule has 27 heavy (non-hydrogen) atoms. The summed E-state index contributed by atoms with van der Waals surface area (Å²) < 4.78 is 37.7. The summed E-state index contributed by atoms with van der Waals surface area (Å²) in [5.41, 5.74) is 0.977. The van der Waals surface area contributed by atoms with E-state index in [1.54, 1.807) is 7.11 Å². The van der Waals surface area contributed by atoms with Crippen LogP contribution < -0.4 is 9.47 Å². The summed E-state index contributed by atoms with van der Waals surface area (Å²) in [6.07, 6.45) is -0.806. The van der Waals surface area contributed by atoms with E-state index in [-0.39, 0.29) is 19.4 Å². The number of nitrogens with zero attached hydrogens (tertiary/aromatic N) is 2. The second-order valence-corrected chi connectivity index (χ2v) is 7.62. The van der Waals surface area contributed by atoms with Crippen LogP contribution in [0, 0.1) is 0 Å². The zero-order chi connectivity index (χ0) is 20.0. The Labute approximate surface area is 160 Å². The van der Waals surface area contributed by atoms with E-state index in [0.717, 1.165) is 5.56 Å². The number of piperidine rings is 1. The van der Waals surface area contributed by atoms with Gasteiger partial charge in [0.15, 0.2) is 11.5 Å². The second kappa shape index (κ2) is 9.66. The lowest BCUT2D eigenvalue weighted by Crippen LogP contribution is -2.38. The maximum Gasteiger partial charge on any atom is 0.250 e. The number of hydrogen-bond acceptors (Lipinski definition) is 5. The predicted octanol–water partition coefficient (Wildman–Crippen LogP) is 3.01. The van der Waals surface area contributed by atoms with Crippen LogP contribution in [0.5, 0.6) is 11.5 Å². The van der Waals surface area contributed by atoms with Gasteiger partial charge in [-0.2, -0.15) is 0 Å². The van der Waals surface area contributed by atoms with Crippen LogP contribution in [0.4, 0.5) is 8.78 Å². The highest BCUT2D eigenvalue weighted by Crippen LogP contribution is 2.31. The average molecular weight is 386 g/mol. The minimum atomic E-state index is -2.54. The molecule has 1 aromatic carbocycles. The van der Waals surface area contributed by atoms with E-state index in [9.17, 15) is 13.9 Å². The molecule has 0 aromatic heterocycles. The highest BCUT2D eigenvalue weighted by atomic mass is 19.3. The van der Waals surface area contributed by atoms with Crippen molar-refractivity contribution in [1.29, 1.82) is 0 Å². The number of alkyl halides is 2. The number of hydrogen-bond donors (Lipinski definition) is 1. The van der Waals surface area contributed by atoms with Gasteiger partial charge in [0.25, 0.3) is 5.92 Å². The molecule has 1 heterocycles. The van der Waals surface area contributed by atoms with E-state index in [1.807, 2.05) is 35.0 Å². The van der Waals surface area contributed by atoms with E-state index in [0.29, 0.717) is 43.7 Å². The Morgan fingerprint density at radius 2 is 1.89 bits per heavy atom. The maximum absolute atomic E-state index is 13.3. The number of aliphatic hydroxyl groups is 1. The van der Waals surface area contributed by atoms with Crippen LogP contribution in [0.3, 0.4) is 0 Å². The first kappa shape index (κ1) is 21.9. The number of halogens is 2. The van der Waals surface area contributed by atoms with E-state index in [2.05, 4.69) is 13.8 Å². The Morgan fingerprint density at radius 1 is 1.22 bits per heavy atom. The molecule has 1 aliphatic heterocycles. The molecule has 1 unspecified atom stereocenters. The Balaban J connectivity index is 1.94. The molecule has 1 fully saturated rings. The monoisotopic (exact) mass is 386 g/mol. The Hall–Kier alpha value is -1.44. The van der Waals surface area contributed by atoms with Crippen molar-refractivity contribution in [3.63, 3.8) is 0 Å². The Morgan fingerprint density at radius 3 is 2.48 bits per heavy atom. The van der Waals surface area contributed by atoms with Gasteiger partial charge in [0.2, 0.25) is 0 Å². The van der Waals surface area contributed by atoms with Gasteiger partial charge in [0, 0.05) is 45.1 Å². The van der Waals surface area contributed by atoms with Crippen LogP contribution in [0.2, 0.25) is 0 Å². The predicted molar refractivity (Wildman–Crippen MR) is 102 cm³/mol. The third-order valence-corrected chi connectivity index (χ3v) is 5.03. The Bertz CT molecular complexity index is 589. The van der Waals surface area contributed by atoms with Gasteiger partial charge in [-0.15, -0.1) is 0 Å². The summed E-state index contributed by atoms with van der Waals surface area (Å²) >= 11 is 0. The molecule has 1 saturated heterocycles. The minimum absolute atomic E-state index is 0.0952. The van der Waals surface area contributed by atoms with Crippen molar-refractivity contribution in [2.24, 2.45) is 0 Å². The molecule has 0 aliphatic carbocycles. The van der Waals surface area contributed by atoms with Crippen LogP contribution in [0.15, 0.2) is 18.2 Å². The summed E-state index contributed by atoms with van der Waals surface area (Å²) in [4.78, 5) is 4.07. The molecule has 0 amide bonds. The minimum Gasteiger partial charge on any atom is -0.493 e. The fourth-order valence-electron chi connectivity index (χ4n) is 3.01. The first-order valence-electron chi connectivity index (χ1n) is 9.48. The van der Waals surface area contributed by atoms with Gasteiger partial charge in [0.05, 0.1) is 7.11 Å². The van der Waals surface area contributed by atoms with Gasteiger partial charge in [0.1, 0.15) is 12.7 Å². The van der Waals surface area contributed by atoms with Crippen molar-refractivity contribution < 1.29 is 23.4 Å². The van der Waals surface area contributed by atoms with E-state index in [1.165, 1.54) is 0 Å². The summed E-state index contributed by atoms with van der Waals surface area (Å²) in [5.74, 6) is -1.39. The van der Waals surface area contributed by atoms with Gasteiger partial charge < -0.3 is 19.5 Å². The Kier molecular flexibility index (Phi) is 7.82. The maximum atomic E-state index is 13.3. The van der Waals surface area contributed by atoms with Gasteiger partial charge in [-0.1, -0.05) is 6.07 Å². The summed E-state index contributed by atoms with van der Waals surface area (Å²) in [6.45, 7) is 6.17. The number of likely N-dealkylation sites (N-methyl/N-ethyl adjacent to an activating group) is 1. The number of rotatable bonds is 9. The topological polar surface area (TPSA) is 45.2 Å². The fourth-order valence-corrected chi connectivity index (χ4v) is 3.01. The van der Waals surface area contributed by atoms with Crippen molar-refractivity contribution in [3.8, 4) is 11.5 Å². The number of likely N-dealkylation sites (tertiary alicyclic amines) is 1. The van der Waals surface area contributed by atoms with Crippen molar-refractivity contribution in [2.45, 2.75) is 51.3 Å². The zero-order valence-corrected chi connectivity index (χ0v) is 16.8. The van der Waals surface area contributed by atoms with Crippen LogP contribution >= 0.6 is 0 Å². The van der Waals surface area contributed by atoms with Crippen molar-refractivity contribution in [3.05, 3.63) is 23.8 Å². The molecular formula is C20H32F2N2O3. The molecule has 7 heteroatoms. The van der Waals surface area contributed by atoms with Crippen LogP contribution in [0.1, 0.15) is 32.3 Å². The molecule has 154 valence electrons. The average Bonchev–Trinajstić information content (AvgIpc) is 2.61. The number of methoxy groups -OCH3 is 1. The summed E-state index contributed by atoms with van der Waals surface area (Å²) in [6, 6.07) is 5.94. The van der Waals surface area contributed by atoms with Gasteiger partial charge in [-0.25, -0.2) is 8.78 Å². The third-order valence-electron chi connectivity index (χ3n) is 5.03. The molecule has 0 bridgehead atoms. The van der Waals surface area contributed by atoms with Gasteiger partial charge >= 0.3 is 0 Å². The molecule has 0 saturated carbocycles. The quantitative estimate of drug-likeness (QED) is 0.707. The van der Waals surface area contributed by atoms with Crippen LogP contribution in [0.25, 0.3) is 0 Å².